The Labute approximate surface area is 197 Å². The van der Waals surface area contributed by atoms with Gasteiger partial charge in [-0.1, -0.05) is 44.1 Å². The van der Waals surface area contributed by atoms with Crippen molar-refractivity contribution in [3.63, 3.8) is 0 Å². The first kappa shape index (κ1) is 24.4. The van der Waals surface area contributed by atoms with E-state index in [4.69, 9.17) is 11.6 Å². The summed E-state index contributed by atoms with van der Waals surface area (Å²) < 4.78 is 2.23. The molecule has 0 aliphatic heterocycles. The summed E-state index contributed by atoms with van der Waals surface area (Å²) in [4.78, 5) is 57.0. The molecule has 33 heavy (non-hydrogen) atoms. The van der Waals surface area contributed by atoms with Crippen LogP contribution in [-0.2, 0) is 24.3 Å². The number of non-ortho nitro benzene ring substituents is 1. The number of fused-ring (bicyclic) bond motifs is 1. The van der Waals surface area contributed by atoms with Gasteiger partial charge in [0.05, 0.1) is 21.4 Å². The Hall–Kier alpha value is -3.25. The Morgan fingerprint density at radius 2 is 1.88 bits per heavy atom. The van der Waals surface area contributed by atoms with Gasteiger partial charge in [-0.15, -0.1) is 0 Å². The predicted octanol–water partition coefficient (Wildman–Crippen LogP) is 2.62. The summed E-state index contributed by atoms with van der Waals surface area (Å²) in [6, 6.07) is 3.71. The first-order valence-corrected chi connectivity index (χ1v) is 11.0. The van der Waals surface area contributed by atoms with Crippen LogP contribution in [0.4, 0.5) is 11.4 Å². The molecule has 1 aromatic carbocycles. The van der Waals surface area contributed by atoms with Crippen LogP contribution in [0.15, 0.2) is 32.8 Å². The van der Waals surface area contributed by atoms with Crippen LogP contribution in [0.5, 0.6) is 0 Å². The molecule has 0 bridgehead atoms. The fourth-order valence-corrected chi connectivity index (χ4v) is 3.94. The second kappa shape index (κ2) is 8.94. The number of nitrogens with zero attached hydrogens (tertiary/aromatic N) is 5. The van der Waals surface area contributed by atoms with E-state index in [1.54, 1.807) is 0 Å². The molecule has 0 aliphatic rings. The number of thioether (sulfide) groups is 1. The summed E-state index contributed by atoms with van der Waals surface area (Å²) >= 11 is 7.05. The summed E-state index contributed by atoms with van der Waals surface area (Å²) in [5.74, 6) is -0.171. The summed E-state index contributed by atoms with van der Waals surface area (Å²) in [7, 11) is 2.88. The second-order valence-electron chi connectivity index (χ2n) is 8.26. The quantitative estimate of drug-likeness (QED) is 0.248. The van der Waals surface area contributed by atoms with Crippen LogP contribution in [-0.4, -0.2) is 35.7 Å². The lowest BCUT2D eigenvalue weighted by Gasteiger charge is -2.19. The molecule has 0 aliphatic carbocycles. The smallest absolute Gasteiger partial charge is 0.324 e. The van der Waals surface area contributed by atoms with Crippen molar-refractivity contribution in [1.82, 2.24) is 19.1 Å². The average Bonchev–Trinajstić information content (AvgIpc) is 2.74. The van der Waals surface area contributed by atoms with Gasteiger partial charge in [-0.2, -0.15) is 0 Å². The van der Waals surface area contributed by atoms with Gasteiger partial charge in [-0.3, -0.25) is 28.8 Å². The highest BCUT2D eigenvalue weighted by molar-refractivity contribution is 8.00. The zero-order valence-corrected chi connectivity index (χ0v) is 20.1. The maximum atomic E-state index is 12.8. The summed E-state index contributed by atoms with van der Waals surface area (Å²) in [6.07, 6.45) is 0. The SMILES string of the molecule is Cn1c(=O)c2c(SCC(=O)Nc3ccc([N+](=O)[O-])cc3Cl)nc(C(C)(C)C)nc2n(C)c1=O. The van der Waals surface area contributed by atoms with E-state index in [-0.39, 0.29) is 38.2 Å². The number of carbonyl (C=O) groups is 1. The van der Waals surface area contributed by atoms with Crippen molar-refractivity contribution in [2.45, 2.75) is 31.2 Å². The molecule has 0 unspecified atom stereocenters. The van der Waals surface area contributed by atoms with Crippen LogP contribution in [0.2, 0.25) is 5.02 Å². The predicted molar refractivity (Wildman–Crippen MR) is 126 cm³/mol. The monoisotopic (exact) mass is 492 g/mol. The Morgan fingerprint density at radius 1 is 1.21 bits per heavy atom. The standard InChI is InChI=1S/C20H21ClN6O5S/c1-20(2,3)18-23-15-14(17(29)26(5)19(30)25(15)4)16(24-18)33-9-13(28)22-12-7-6-10(27(31)32)8-11(12)21/h6-8H,9H2,1-5H3,(H,22,28). The molecule has 0 fully saturated rings. The highest BCUT2D eigenvalue weighted by Crippen LogP contribution is 2.29. The third kappa shape index (κ3) is 4.91. The average molecular weight is 493 g/mol. The Balaban J connectivity index is 1.97. The van der Waals surface area contributed by atoms with E-state index >= 15 is 0 Å². The van der Waals surface area contributed by atoms with Gasteiger partial charge < -0.3 is 5.32 Å². The van der Waals surface area contributed by atoms with Gasteiger partial charge in [0, 0.05) is 31.6 Å². The largest absolute Gasteiger partial charge is 0.332 e. The number of rotatable bonds is 5. The maximum absolute atomic E-state index is 12.8. The molecule has 2 heterocycles. The van der Waals surface area contributed by atoms with Crippen molar-refractivity contribution < 1.29 is 9.72 Å². The Kier molecular flexibility index (Phi) is 6.61. The van der Waals surface area contributed by atoms with Crippen molar-refractivity contribution in [2.24, 2.45) is 14.1 Å². The number of nitrogens with one attached hydrogen (secondary N) is 1. The van der Waals surface area contributed by atoms with Crippen molar-refractivity contribution >= 4 is 51.7 Å². The number of anilines is 1. The number of amides is 1. The lowest BCUT2D eigenvalue weighted by molar-refractivity contribution is -0.384. The van der Waals surface area contributed by atoms with E-state index in [0.29, 0.717) is 5.82 Å². The van der Waals surface area contributed by atoms with Gasteiger partial charge in [-0.05, 0) is 6.07 Å². The van der Waals surface area contributed by atoms with E-state index in [0.717, 1.165) is 22.4 Å². The molecule has 1 N–H and O–H groups in total. The summed E-state index contributed by atoms with van der Waals surface area (Å²) in [5, 5.41) is 13.9. The zero-order valence-electron chi connectivity index (χ0n) is 18.5. The molecular formula is C20H21ClN6O5S. The normalized spacial score (nSPS) is 11.6. The molecule has 1 amide bonds. The topological polar surface area (TPSA) is 142 Å². The molecule has 0 saturated heterocycles. The van der Waals surface area contributed by atoms with Crippen molar-refractivity contribution in [3.05, 3.63) is 60.0 Å². The van der Waals surface area contributed by atoms with Gasteiger partial charge in [0.15, 0.2) is 5.65 Å². The van der Waals surface area contributed by atoms with Gasteiger partial charge >= 0.3 is 5.69 Å². The lowest BCUT2D eigenvalue weighted by Crippen LogP contribution is -2.38. The number of carbonyl (C=O) groups excluding carboxylic acids is 1. The second-order valence-corrected chi connectivity index (χ2v) is 9.64. The fourth-order valence-electron chi connectivity index (χ4n) is 2.91. The third-order valence-corrected chi connectivity index (χ3v) is 6.00. The first-order chi connectivity index (χ1) is 15.3. The van der Waals surface area contributed by atoms with Gasteiger partial charge in [-0.25, -0.2) is 14.8 Å². The minimum atomic E-state index is -0.589. The lowest BCUT2D eigenvalue weighted by atomic mass is 9.96. The summed E-state index contributed by atoms with van der Waals surface area (Å²) in [6.45, 7) is 5.68. The Bertz CT molecular complexity index is 1410. The van der Waals surface area contributed by atoms with Crippen LogP contribution in [0.1, 0.15) is 26.6 Å². The number of aromatic nitrogens is 4. The van der Waals surface area contributed by atoms with Crippen LogP contribution in [0.25, 0.3) is 11.0 Å². The van der Waals surface area contributed by atoms with Crippen LogP contribution < -0.4 is 16.6 Å². The van der Waals surface area contributed by atoms with E-state index in [2.05, 4.69) is 15.3 Å². The number of nitro benzene ring substituents is 1. The molecule has 0 radical (unpaired) electrons. The molecule has 13 heteroatoms. The van der Waals surface area contributed by atoms with Crippen LogP contribution in [0, 0.1) is 10.1 Å². The number of hydrogen-bond acceptors (Lipinski definition) is 8. The van der Waals surface area contributed by atoms with Crippen molar-refractivity contribution in [1.29, 1.82) is 0 Å². The summed E-state index contributed by atoms with van der Waals surface area (Å²) in [5.41, 5.74) is -1.35. The van der Waals surface area contributed by atoms with E-state index in [1.807, 2.05) is 20.8 Å². The number of halogens is 1. The van der Waals surface area contributed by atoms with Gasteiger partial charge in [0.2, 0.25) is 5.91 Å². The van der Waals surface area contributed by atoms with Crippen LogP contribution >= 0.6 is 23.4 Å². The van der Waals surface area contributed by atoms with E-state index in [1.165, 1.54) is 30.8 Å². The van der Waals surface area contributed by atoms with E-state index in [9.17, 15) is 24.5 Å². The zero-order chi connectivity index (χ0) is 24.7. The third-order valence-electron chi connectivity index (χ3n) is 4.72. The number of aryl methyl sites for hydroxylation is 1. The molecule has 3 rings (SSSR count). The Morgan fingerprint density at radius 3 is 2.45 bits per heavy atom. The number of benzene rings is 1. The highest BCUT2D eigenvalue weighted by atomic mass is 35.5. The minimum Gasteiger partial charge on any atom is -0.324 e. The van der Waals surface area contributed by atoms with Gasteiger partial charge in [0.1, 0.15) is 16.2 Å². The minimum absolute atomic E-state index is 0.0222. The molecular weight excluding hydrogens is 472 g/mol. The number of hydrogen-bond donors (Lipinski definition) is 1. The molecule has 2 aromatic heterocycles. The molecule has 3 aromatic rings. The van der Waals surface area contributed by atoms with Crippen LogP contribution in [0.3, 0.4) is 0 Å². The molecule has 0 saturated carbocycles. The molecule has 0 spiro atoms. The van der Waals surface area contributed by atoms with Crippen molar-refractivity contribution in [3.8, 4) is 0 Å². The highest BCUT2D eigenvalue weighted by Gasteiger charge is 2.24. The van der Waals surface area contributed by atoms with E-state index < -0.39 is 27.5 Å². The van der Waals surface area contributed by atoms with Gasteiger partial charge in [0.25, 0.3) is 11.2 Å². The number of nitro groups is 1. The van der Waals surface area contributed by atoms with Crippen molar-refractivity contribution in [2.75, 3.05) is 11.1 Å². The first-order valence-electron chi connectivity index (χ1n) is 9.66. The molecule has 174 valence electrons. The fraction of sp³-hybridized carbons (Fsp3) is 0.350. The molecule has 0 atom stereocenters. The maximum Gasteiger partial charge on any atom is 0.332 e. The molecule has 11 nitrogen and oxygen atoms in total.